The molecule has 124 valence electrons. The minimum atomic E-state index is -0.116. The third-order valence-electron chi connectivity index (χ3n) is 4.24. The summed E-state index contributed by atoms with van der Waals surface area (Å²) >= 11 is 0. The van der Waals surface area contributed by atoms with Crippen LogP contribution in [-0.4, -0.2) is 48.2 Å². The molecule has 0 bridgehead atoms. The number of nitrogens with zero attached hydrogens (tertiary/aromatic N) is 1. The van der Waals surface area contributed by atoms with Crippen LogP contribution in [0.2, 0.25) is 0 Å². The first-order valence-corrected chi connectivity index (χ1v) is 7.95. The van der Waals surface area contributed by atoms with Gasteiger partial charge in [0.2, 0.25) is 0 Å². The van der Waals surface area contributed by atoms with Crippen LogP contribution in [0.1, 0.15) is 49.6 Å². The van der Waals surface area contributed by atoms with Gasteiger partial charge in [0.1, 0.15) is 11.5 Å². The van der Waals surface area contributed by atoms with Gasteiger partial charge in [0.05, 0.1) is 17.8 Å². The van der Waals surface area contributed by atoms with Crippen LogP contribution < -0.4 is 5.32 Å². The van der Waals surface area contributed by atoms with Crippen molar-refractivity contribution in [3.63, 3.8) is 0 Å². The van der Waals surface area contributed by atoms with Crippen molar-refractivity contribution < 1.29 is 13.9 Å². The number of hydrogen-bond acceptors (Lipinski definition) is 4. The van der Waals surface area contributed by atoms with Crippen LogP contribution in [0.4, 0.5) is 0 Å². The fourth-order valence-electron chi connectivity index (χ4n) is 3.03. The molecular weight excluding hydrogens is 280 g/mol. The monoisotopic (exact) mass is 308 g/mol. The molecule has 0 radical (unpaired) electrons. The minimum absolute atomic E-state index is 0.0724. The van der Waals surface area contributed by atoms with Crippen LogP contribution >= 0.6 is 0 Å². The van der Waals surface area contributed by atoms with E-state index in [4.69, 9.17) is 9.15 Å². The predicted molar refractivity (Wildman–Crippen MR) is 86.2 cm³/mol. The predicted octanol–water partition coefficient (Wildman–Crippen LogP) is 2.51. The highest BCUT2D eigenvalue weighted by Crippen LogP contribution is 2.21. The fourth-order valence-corrected chi connectivity index (χ4v) is 3.03. The van der Waals surface area contributed by atoms with Crippen molar-refractivity contribution in [2.75, 3.05) is 19.6 Å². The number of rotatable bonds is 4. The van der Waals surface area contributed by atoms with Crippen LogP contribution in [0.15, 0.2) is 10.5 Å². The Morgan fingerprint density at radius 2 is 1.91 bits per heavy atom. The lowest BCUT2D eigenvalue weighted by molar-refractivity contribution is -0.0948. The topological polar surface area (TPSA) is 54.7 Å². The van der Waals surface area contributed by atoms with Crippen LogP contribution in [0, 0.1) is 13.8 Å². The average molecular weight is 308 g/mol. The van der Waals surface area contributed by atoms with Gasteiger partial charge >= 0.3 is 0 Å². The van der Waals surface area contributed by atoms with E-state index in [0.29, 0.717) is 17.9 Å². The first kappa shape index (κ1) is 17.0. The highest BCUT2D eigenvalue weighted by Gasteiger charge is 2.33. The molecule has 2 atom stereocenters. The van der Waals surface area contributed by atoms with Gasteiger partial charge in [-0.3, -0.25) is 9.69 Å². The molecule has 0 saturated carbocycles. The van der Waals surface area contributed by atoms with E-state index in [1.54, 1.807) is 6.07 Å². The maximum atomic E-state index is 12.3. The van der Waals surface area contributed by atoms with E-state index in [9.17, 15) is 4.79 Å². The van der Waals surface area contributed by atoms with Crippen molar-refractivity contribution in [3.05, 3.63) is 23.2 Å². The molecule has 0 aliphatic carbocycles. The number of ether oxygens (including phenoxy) is 1. The van der Waals surface area contributed by atoms with Gasteiger partial charge in [-0.25, -0.2) is 0 Å². The Morgan fingerprint density at radius 1 is 1.32 bits per heavy atom. The molecular formula is C17H28N2O3. The van der Waals surface area contributed by atoms with Gasteiger partial charge in [-0.05, 0) is 47.6 Å². The minimum Gasteiger partial charge on any atom is -0.466 e. The zero-order valence-corrected chi connectivity index (χ0v) is 14.5. The molecule has 1 aliphatic rings. The number of morpholine rings is 1. The van der Waals surface area contributed by atoms with Crippen molar-refractivity contribution in [2.24, 2.45) is 0 Å². The number of furan rings is 1. The summed E-state index contributed by atoms with van der Waals surface area (Å²) < 4.78 is 11.2. The summed E-state index contributed by atoms with van der Waals surface area (Å²) in [4.78, 5) is 14.7. The van der Waals surface area contributed by atoms with E-state index in [1.165, 1.54) is 0 Å². The largest absolute Gasteiger partial charge is 0.466 e. The zero-order chi connectivity index (χ0) is 16.5. The number of aryl methyl sites for hydroxylation is 2. The molecule has 1 amide bonds. The SMILES string of the molecule is Cc1cc(C(=O)NCC(C)(C)N2C[C@H](C)O[C@@H](C)C2)c(C)o1. The number of carbonyl (C=O) groups is 1. The lowest BCUT2D eigenvalue weighted by Gasteiger charge is -2.45. The molecule has 1 aromatic heterocycles. The molecule has 2 heterocycles. The molecule has 0 aromatic carbocycles. The van der Waals surface area contributed by atoms with E-state index < -0.39 is 0 Å². The molecule has 1 aliphatic heterocycles. The van der Waals surface area contributed by atoms with Crippen molar-refractivity contribution in [2.45, 2.75) is 59.3 Å². The standard InChI is InChI=1S/C17H28N2O3/c1-11-7-15(14(4)22-11)16(20)18-10-17(5,6)19-8-12(2)21-13(3)9-19/h7,12-13H,8-10H2,1-6H3,(H,18,20)/t12-,13-/m0/s1. The van der Waals surface area contributed by atoms with E-state index >= 15 is 0 Å². The fraction of sp³-hybridized carbons (Fsp3) is 0.706. The van der Waals surface area contributed by atoms with E-state index in [-0.39, 0.29) is 23.7 Å². The molecule has 5 nitrogen and oxygen atoms in total. The quantitative estimate of drug-likeness (QED) is 0.928. The lowest BCUT2D eigenvalue weighted by Crippen LogP contribution is -2.58. The molecule has 22 heavy (non-hydrogen) atoms. The van der Waals surface area contributed by atoms with E-state index in [1.807, 2.05) is 13.8 Å². The smallest absolute Gasteiger partial charge is 0.254 e. The Kier molecular flexibility index (Phi) is 4.97. The second kappa shape index (κ2) is 6.42. The van der Waals surface area contributed by atoms with Gasteiger partial charge in [0, 0.05) is 25.2 Å². The second-order valence-corrected chi connectivity index (χ2v) is 6.98. The summed E-state index contributed by atoms with van der Waals surface area (Å²) in [5.41, 5.74) is 0.506. The first-order chi connectivity index (χ1) is 10.2. The number of hydrogen-bond donors (Lipinski definition) is 1. The van der Waals surface area contributed by atoms with Gasteiger partial charge in [-0.15, -0.1) is 0 Å². The van der Waals surface area contributed by atoms with Gasteiger partial charge < -0.3 is 14.5 Å². The van der Waals surface area contributed by atoms with E-state index in [0.717, 1.165) is 18.8 Å². The molecule has 1 N–H and O–H groups in total. The van der Waals surface area contributed by atoms with Gasteiger partial charge in [-0.2, -0.15) is 0 Å². The third-order valence-corrected chi connectivity index (χ3v) is 4.24. The summed E-state index contributed by atoms with van der Waals surface area (Å²) in [6.07, 6.45) is 0.440. The van der Waals surface area contributed by atoms with Gasteiger partial charge in [0.25, 0.3) is 5.91 Å². The molecule has 5 heteroatoms. The molecule has 0 spiro atoms. The molecule has 1 aromatic rings. The number of nitrogens with one attached hydrogen (secondary N) is 1. The highest BCUT2D eigenvalue weighted by atomic mass is 16.5. The Hall–Kier alpha value is -1.33. The normalized spacial score (nSPS) is 23.5. The average Bonchev–Trinajstić information content (AvgIpc) is 2.74. The maximum absolute atomic E-state index is 12.3. The maximum Gasteiger partial charge on any atom is 0.254 e. The van der Waals surface area contributed by atoms with Gasteiger partial charge in [-0.1, -0.05) is 0 Å². The van der Waals surface area contributed by atoms with Gasteiger partial charge in [0.15, 0.2) is 0 Å². The highest BCUT2D eigenvalue weighted by molar-refractivity contribution is 5.95. The summed E-state index contributed by atoms with van der Waals surface area (Å²) in [7, 11) is 0. The summed E-state index contributed by atoms with van der Waals surface area (Å²) in [6.45, 7) is 14.5. The van der Waals surface area contributed by atoms with Crippen LogP contribution in [-0.2, 0) is 4.74 Å². The van der Waals surface area contributed by atoms with Crippen molar-refractivity contribution in [1.82, 2.24) is 10.2 Å². The number of carbonyl (C=O) groups excluding carboxylic acids is 1. The Balaban J connectivity index is 1.97. The van der Waals surface area contributed by atoms with Crippen molar-refractivity contribution in [1.29, 1.82) is 0 Å². The van der Waals surface area contributed by atoms with Crippen molar-refractivity contribution >= 4 is 5.91 Å². The van der Waals surface area contributed by atoms with Crippen LogP contribution in [0.5, 0.6) is 0 Å². The Bertz CT molecular complexity index is 526. The summed E-state index contributed by atoms with van der Waals surface area (Å²) in [5.74, 6) is 1.36. The van der Waals surface area contributed by atoms with E-state index in [2.05, 4.69) is 37.9 Å². The van der Waals surface area contributed by atoms with Crippen LogP contribution in [0.3, 0.4) is 0 Å². The molecule has 1 saturated heterocycles. The second-order valence-electron chi connectivity index (χ2n) is 6.98. The number of amides is 1. The molecule has 2 rings (SSSR count). The Labute approximate surface area is 133 Å². The van der Waals surface area contributed by atoms with Crippen LogP contribution in [0.25, 0.3) is 0 Å². The lowest BCUT2D eigenvalue weighted by atomic mass is 10.00. The molecule has 1 fully saturated rings. The first-order valence-electron chi connectivity index (χ1n) is 7.95. The summed E-state index contributed by atoms with van der Waals surface area (Å²) in [6, 6.07) is 1.79. The zero-order valence-electron chi connectivity index (χ0n) is 14.5. The third kappa shape index (κ3) is 3.90. The molecule has 0 unspecified atom stereocenters. The Morgan fingerprint density at radius 3 is 2.41 bits per heavy atom. The summed E-state index contributed by atoms with van der Waals surface area (Å²) in [5, 5.41) is 3.04. The van der Waals surface area contributed by atoms with Crippen molar-refractivity contribution in [3.8, 4) is 0 Å².